The average Bonchev–Trinajstić information content (AvgIpc) is 3.08. The molecule has 0 amide bonds. The first kappa shape index (κ1) is 20.3. The van der Waals surface area contributed by atoms with Crippen LogP contribution < -0.4 is 0 Å². The van der Waals surface area contributed by atoms with Gasteiger partial charge in [-0.25, -0.2) is 8.42 Å². The molecule has 1 unspecified atom stereocenters. The van der Waals surface area contributed by atoms with Gasteiger partial charge in [0, 0.05) is 12.3 Å². The van der Waals surface area contributed by atoms with Crippen molar-refractivity contribution in [3.05, 3.63) is 53.0 Å². The maximum Gasteiger partial charge on any atom is 0.324 e. The van der Waals surface area contributed by atoms with Crippen LogP contribution in [0.2, 0.25) is 0 Å². The average molecular weight is 404 g/mol. The van der Waals surface area contributed by atoms with Crippen molar-refractivity contribution in [3.8, 4) is 0 Å². The van der Waals surface area contributed by atoms with Gasteiger partial charge in [-0.1, -0.05) is 44.2 Å². The number of benzene rings is 1. The third-order valence-electron chi connectivity index (χ3n) is 6.04. The van der Waals surface area contributed by atoms with Gasteiger partial charge >= 0.3 is 11.9 Å². The molecule has 0 heterocycles. The van der Waals surface area contributed by atoms with Gasteiger partial charge in [0.15, 0.2) is 5.41 Å². The van der Waals surface area contributed by atoms with Crippen molar-refractivity contribution in [2.24, 2.45) is 23.2 Å². The molecule has 7 heteroatoms. The quantitative estimate of drug-likeness (QED) is 0.566. The Morgan fingerprint density at radius 2 is 1.61 bits per heavy atom. The highest BCUT2D eigenvalue weighted by Crippen LogP contribution is 2.57. The topological polar surface area (TPSA) is 86.7 Å². The zero-order valence-electron chi connectivity index (χ0n) is 16.3. The molecular weight excluding hydrogens is 380 g/mol. The first-order valence-electron chi connectivity index (χ1n) is 9.10. The van der Waals surface area contributed by atoms with E-state index in [2.05, 4.69) is 0 Å². The van der Waals surface area contributed by atoms with E-state index in [1.54, 1.807) is 24.3 Å². The van der Waals surface area contributed by atoms with Crippen molar-refractivity contribution in [1.82, 2.24) is 0 Å². The van der Waals surface area contributed by atoms with Crippen LogP contribution in [-0.2, 0) is 28.9 Å². The molecular formula is C21H24O6S. The van der Waals surface area contributed by atoms with Gasteiger partial charge in [-0.15, -0.1) is 0 Å². The van der Waals surface area contributed by atoms with E-state index in [1.165, 1.54) is 26.4 Å². The minimum atomic E-state index is -3.89. The lowest BCUT2D eigenvalue weighted by molar-refractivity contribution is -0.173. The van der Waals surface area contributed by atoms with Crippen LogP contribution in [0.3, 0.4) is 0 Å². The number of sulfone groups is 1. The molecule has 0 radical (unpaired) electrons. The van der Waals surface area contributed by atoms with E-state index in [9.17, 15) is 18.0 Å². The number of carbonyl (C=O) groups excluding carboxylic acids is 2. The molecule has 6 nitrogen and oxygen atoms in total. The molecule has 0 fully saturated rings. The molecule has 3 atom stereocenters. The molecule has 28 heavy (non-hydrogen) atoms. The zero-order chi connectivity index (χ0) is 20.7. The van der Waals surface area contributed by atoms with Gasteiger partial charge in [0.05, 0.1) is 24.0 Å². The van der Waals surface area contributed by atoms with E-state index in [4.69, 9.17) is 9.47 Å². The molecule has 0 bridgehead atoms. The van der Waals surface area contributed by atoms with Gasteiger partial charge in [0.1, 0.15) is 0 Å². The van der Waals surface area contributed by atoms with Crippen molar-refractivity contribution < 1.29 is 27.5 Å². The van der Waals surface area contributed by atoms with E-state index in [0.717, 1.165) is 0 Å². The second kappa shape index (κ2) is 7.20. The first-order valence-corrected chi connectivity index (χ1v) is 10.6. The number of rotatable bonds is 4. The molecule has 2 aliphatic rings. The molecule has 0 saturated carbocycles. The monoisotopic (exact) mass is 404 g/mol. The van der Waals surface area contributed by atoms with Crippen LogP contribution in [0.1, 0.15) is 20.3 Å². The smallest absolute Gasteiger partial charge is 0.324 e. The van der Waals surface area contributed by atoms with Crippen molar-refractivity contribution in [2.75, 3.05) is 14.2 Å². The van der Waals surface area contributed by atoms with Crippen molar-refractivity contribution in [3.63, 3.8) is 0 Å². The molecule has 2 aliphatic carbocycles. The lowest BCUT2D eigenvalue weighted by Gasteiger charge is -2.38. The van der Waals surface area contributed by atoms with Gasteiger partial charge in [0.2, 0.25) is 9.84 Å². The maximum atomic E-state index is 13.4. The van der Waals surface area contributed by atoms with E-state index in [0.29, 0.717) is 5.57 Å². The van der Waals surface area contributed by atoms with E-state index < -0.39 is 33.1 Å². The fourth-order valence-electron chi connectivity index (χ4n) is 4.40. The molecule has 150 valence electrons. The van der Waals surface area contributed by atoms with E-state index >= 15 is 0 Å². The third-order valence-corrected chi connectivity index (χ3v) is 7.96. The number of hydrogen-bond acceptors (Lipinski definition) is 6. The summed E-state index contributed by atoms with van der Waals surface area (Å²) in [5.41, 5.74) is -1.22. The highest BCUT2D eigenvalue weighted by atomic mass is 32.2. The number of methoxy groups -OCH3 is 2. The summed E-state index contributed by atoms with van der Waals surface area (Å²) in [7, 11) is -1.50. The Morgan fingerprint density at radius 1 is 1.04 bits per heavy atom. The van der Waals surface area contributed by atoms with E-state index in [-0.39, 0.29) is 28.1 Å². The number of carbonyl (C=O) groups is 2. The standard InChI is InChI=1S/C21H24O6S/c1-13-10-11-16-17(28(24,25)15-8-6-5-7-9-15)12-21(19(22)26-3,20(23)27-4)18(16)14(13)2/h5-11,13-14,18H,12H2,1-4H3/t13-,14-,18?/m0/s1. The van der Waals surface area contributed by atoms with Crippen LogP contribution in [0.25, 0.3) is 0 Å². The Kier molecular flexibility index (Phi) is 5.23. The molecule has 1 aromatic carbocycles. The lowest BCUT2D eigenvalue weighted by Crippen LogP contribution is -2.48. The Balaban J connectivity index is 2.28. The Labute approximate surface area is 165 Å². The number of fused-ring (bicyclic) bond motifs is 1. The van der Waals surface area contributed by atoms with Crippen LogP contribution in [0.5, 0.6) is 0 Å². The number of hydrogen-bond donors (Lipinski definition) is 0. The SMILES string of the molecule is COC(=O)C1(C(=O)OC)CC(S(=O)(=O)c2ccccc2)=C2C=C[C@H](C)[C@H](C)C21. The van der Waals surface area contributed by atoms with Crippen molar-refractivity contribution >= 4 is 21.8 Å². The summed E-state index contributed by atoms with van der Waals surface area (Å²) in [4.78, 5) is 26.0. The molecule has 1 aromatic rings. The Morgan fingerprint density at radius 3 is 2.14 bits per heavy atom. The highest BCUT2D eigenvalue weighted by molar-refractivity contribution is 7.95. The van der Waals surface area contributed by atoms with Gasteiger partial charge in [-0.3, -0.25) is 9.59 Å². The van der Waals surface area contributed by atoms with Gasteiger partial charge in [-0.05, 0) is 29.5 Å². The molecule has 0 spiro atoms. The highest BCUT2D eigenvalue weighted by Gasteiger charge is 2.63. The first-order chi connectivity index (χ1) is 13.2. The van der Waals surface area contributed by atoms with Crippen LogP contribution in [-0.4, -0.2) is 34.6 Å². The summed E-state index contributed by atoms with van der Waals surface area (Å²) in [6.45, 7) is 3.89. The normalized spacial score (nSPS) is 25.9. The predicted octanol–water partition coefficient (Wildman–Crippen LogP) is 2.91. The molecule has 0 aliphatic heterocycles. The van der Waals surface area contributed by atoms with Gasteiger partial charge < -0.3 is 9.47 Å². The van der Waals surface area contributed by atoms with Gasteiger partial charge in [-0.2, -0.15) is 0 Å². The second-order valence-corrected chi connectivity index (χ2v) is 9.35. The van der Waals surface area contributed by atoms with Crippen molar-refractivity contribution in [1.29, 1.82) is 0 Å². The second-order valence-electron chi connectivity index (χ2n) is 7.38. The third kappa shape index (κ3) is 2.80. The summed E-state index contributed by atoms with van der Waals surface area (Å²) < 4.78 is 36.7. The molecule has 0 N–H and O–H groups in total. The fourth-order valence-corrected chi connectivity index (χ4v) is 6.13. The van der Waals surface area contributed by atoms with E-state index in [1.807, 2.05) is 19.9 Å². The molecule has 0 aromatic heterocycles. The number of ether oxygens (including phenoxy) is 2. The summed E-state index contributed by atoms with van der Waals surface area (Å²) in [6, 6.07) is 8.02. The molecule has 3 rings (SSSR count). The fraction of sp³-hybridized carbons (Fsp3) is 0.429. The number of esters is 2. The Bertz CT molecular complexity index is 942. The predicted molar refractivity (Wildman–Crippen MR) is 103 cm³/mol. The lowest BCUT2D eigenvalue weighted by atomic mass is 9.64. The zero-order valence-corrected chi connectivity index (χ0v) is 17.2. The summed E-state index contributed by atoms with van der Waals surface area (Å²) in [5, 5.41) is 0. The minimum Gasteiger partial charge on any atom is -0.468 e. The van der Waals surface area contributed by atoms with Crippen molar-refractivity contribution in [2.45, 2.75) is 25.2 Å². The largest absolute Gasteiger partial charge is 0.468 e. The molecule has 0 saturated heterocycles. The van der Waals surface area contributed by atoms with Gasteiger partial charge in [0.25, 0.3) is 0 Å². The Hall–Kier alpha value is -2.41. The number of allylic oxidation sites excluding steroid dienone is 4. The van der Waals surface area contributed by atoms with Crippen LogP contribution in [0.4, 0.5) is 0 Å². The van der Waals surface area contributed by atoms with Crippen LogP contribution in [0, 0.1) is 23.2 Å². The maximum absolute atomic E-state index is 13.4. The summed E-state index contributed by atoms with van der Waals surface area (Å²) >= 11 is 0. The minimum absolute atomic E-state index is 0.0567. The van der Waals surface area contributed by atoms with Crippen LogP contribution in [0.15, 0.2) is 57.9 Å². The summed E-state index contributed by atoms with van der Waals surface area (Å²) in [6.07, 6.45) is 3.38. The van der Waals surface area contributed by atoms with Crippen LogP contribution >= 0.6 is 0 Å². The summed E-state index contributed by atoms with van der Waals surface area (Å²) in [5.74, 6) is -2.27.